The maximum absolute atomic E-state index is 13.5. The molecule has 0 radical (unpaired) electrons. The van der Waals surface area contributed by atoms with Crippen LogP contribution in [-0.4, -0.2) is 66.1 Å². The summed E-state index contributed by atoms with van der Waals surface area (Å²) in [6.45, 7) is 1.89. The molecular formula is C79H62F2N4O14S3. The number of carbonyl (C=O) groups is 2. The van der Waals surface area contributed by atoms with E-state index in [1.54, 1.807) is 150 Å². The first-order chi connectivity index (χ1) is 48.4. The highest BCUT2D eigenvalue weighted by molar-refractivity contribution is 7.92. The number of nitrogens with one attached hydrogen (secondary N) is 2. The fourth-order valence-corrected chi connectivity index (χ4v) is 14.0. The normalized spacial score (nSPS) is 11.1. The van der Waals surface area contributed by atoms with Crippen LogP contribution in [0.1, 0.15) is 44.8 Å². The number of carbonyl (C=O) groups excluding carboxylic acids is 2. The number of benzene rings is 12. The van der Waals surface area contributed by atoms with Crippen LogP contribution in [0.25, 0.3) is 27.8 Å². The zero-order valence-corrected chi connectivity index (χ0v) is 55.8. The zero-order valence-electron chi connectivity index (χ0n) is 53.4. The first-order valence-corrected chi connectivity index (χ1v) is 35.1. The summed E-state index contributed by atoms with van der Waals surface area (Å²) in [7, 11) is -9.54. The van der Waals surface area contributed by atoms with Gasteiger partial charge in [0.25, 0.3) is 0 Å². The van der Waals surface area contributed by atoms with Crippen molar-refractivity contribution in [1.82, 2.24) is 19.1 Å². The number of ketones is 2. The van der Waals surface area contributed by atoms with E-state index in [4.69, 9.17) is 19.7 Å². The number of aromatic hydroxyl groups is 2. The molecule has 0 aliphatic rings. The number of ether oxygens (including phenoxy) is 2. The van der Waals surface area contributed by atoms with Gasteiger partial charge in [0.1, 0.15) is 46.1 Å². The number of fused-ring (bicyclic) bond motifs is 2. The third kappa shape index (κ3) is 16.8. The summed E-state index contributed by atoms with van der Waals surface area (Å²) in [5.74, 6) is 0.651. The van der Waals surface area contributed by atoms with Crippen LogP contribution in [0.5, 0.6) is 34.5 Å². The van der Waals surface area contributed by atoms with Crippen molar-refractivity contribution in [3.05, 3.63) is 352 Å². The lowest BCUT2D eigenvalue weighted by Crippen LogP contribution is -2.20. The Kier molecular flexibility index (Phi) is 22.0. The second-order valence-electron chi connectivity index (χ2n) is 22.5. The number of aromatic nitrogens is 4. The van der Waals surface area contributed by atoms with Crippen LogP contribution in [0.15, 0.2) is 330 Å². The molecule has 14 aromatic rings. The number of imidazole rings is 2. The SMILES string of the molecule is C.Cc1ccc(S(=O)(=O)c2ccc(Oc3ccc(C(=O)c4ccc(Oc5ccc(S(=O)(=O)c6ccc(-n7c(=O)n(C)c8ccccc87)cc6)cc5)cc4)cc3)cc2)cc1.O=C(c1ccc(O)cc1)c1ccc(O)cc1.O=S(=O)(c1ccc(F)cc1)c1ccc(F)cc1.O=c1[nH]c2ccccc2[nH]1. The van der Waals surface area contributed by atoms with Gasteiger partial charge in [-0.2, -0.15) is 0 Å². The summed E-state index contributed by atoms with van der Waals surface area (Å²) in [6.07, 6.45) is 0. The van der Waals surface area contributed by atoms with E-state index in [1.165, 1.54) is 84.9 Å². The topological polar surface area (TPSA) is 271 Å². The maximum atomic E-state index is 13.5. The van der Waals surface area contributed by atoms with E-state index < -0.39 is 41.1 Å². The molecule has 18 nitrogen and oxygen atoms in total. The Morgan fingerprint density at radius 1 is 0.373 bits per heavy atom. The van der Waals surface area contributed by atoms with Gasteiger partial charge in [-0.3, -0.25) is 18.7 Å². The molecular weight excluding hydrogens is 1360 g/mol. The van der Waals surface area contributed by atoms with Crippen LogP contribution >= 0.6 is 0 Å². The van der Waals surface area contributed by atoms with Gasteiger partial charge in [-0.1, -0.05) is 49.4 Å². The Morgan fingerprint density at radius 3 is 0.990 bits per heavy atom. The van der Waals surface area contributed by atoms with Crippen molar-refractivity contribution in [3.63, 3.8) is 0 Å². The average Bonchev–Trinajstić information content (AvgIpc) is 1.60. The highest BCUT2D eigenvalue weighted by Crippen LogP contribution is 2.31. The molecule has 0 saturated carbocycles. The number of H-pyrrole nitrogens is 2. The van der Waals surface area contributed by atoms with E-state index in [2.05, 4.69) is 9.97 Å². The van der Waals surface area contributed by atoms with Crippen LogP contribution < -0.4 is 20.9 Å². The Morgan fingerprint density at radius 2 is 0.647 bits per heavy atom. The number of halogens is 2. The average molecular weight is 1430 g/mol. The number of hydrogen-bond acceptors (Lipinski definition) is 14. The molecule has 0 atom stereocenters. The van der Waals surface area contributed by atoms with Gasteiger partial charge in [0.15, 0.2) is 11.6 Å². The van der Waals surface area contributed by atoms with Gasteiger partial charge in [0, 0.05) is 29.3 Å². The van der Waals surface area contributed by atoms with Crippen LogP contribution in [0.4, 0.5) is 8.78 Å². The molecule has 4 N–H and O–H groups in total. The second kappa shape index (κ2) is 31.1. The van der Waals surface area contributed by atoms with Gasteiger partial charge in [0.2, 0.25) is 29.5 Å². The molecule has 0 aliphatic carbocycles. The van der Waals surface area contributed by atoms with Crippen molar-refractivity contribution in [3.8, 4) is 40.2 Å². The van der Waals surface area contributed by atoms with Crippen LogP contribution in [0.3, 0.4) is 0 Å². The van der Waals surface area contributed by atoms with Crippen LogP contribution in [-0.2, 0) is 36.6 Å². The Labute approximate surface area is 584 Å². The molecule has 23 heteroatoms. The summed E-state index contributed by atoms with van der Waals surface area (Å²) < 4.78 is 117. The largest absolute Gasteiger partial charge is 0.508 e. The number of rotatable bonds is 15. The van der Waals surface area contributed by atoms with Crippen molar-refractivity contribution >= 4 is 63.1 Å². The highest BCUT2D eigenvalue weighted by atomic mass is 32.2. The summed E-state index contributed by atoms with van der Waals surface area (Å²) >= 11 is 0. The summed E-state index contributed by atoms with van der Waals surface area (Å²) in [5, 5.41) is 18.2. The molecule has 0 amide bonds. The smallest absolute Gasteiger partial charge is 0.333 e. The van der Waals surface area contributed by atoms with E-state index in [9.17, 15) is 53.2 Å². The minimum atomic E-state index is -3.87. The van der Waals surface area contributed by atoms with Crippen molar-refractivity contribution < 1.29 is 63.3 Å². The number of nitrogens with zero attached hydrogens (tertiary/aromatic N) is 2. The third-order valence-corrected chi connectivity index (χ3v) is 21.0. The second-order valence-corrected chi connectivity index (χ2v) is 28.3. The van der Waals surface area contributed by atoms with Crippen molar-refractivity contribution in [2.75, 3.05) is 0 Å². The van der Waals surface area contributed by atoms with E-state index in [1.807, 2.05) is 55.5 Å². The van der Waals surface area contributed by atoms with E-state index in [0.717, 1.165) is 51.9 Å². The van der Waals surface area contributed by atoms with Crippen LogP contribution in [0.2, 0.25) is 0 Å². The molecule has 102 heavy (non-hydrogen) atoms. The lowest BCUT2D eigenvalue weighted by molar-refractivity contribution is 0.103. The summed E-state index contributed by atoms with van der Waals surface area (Å²) in [4.78, 5) is 54.6. The molecule has 2 aromatic heterocycles. The number of para-hydroxylation sites is 4. The molecule has 0 fully saturated rings. The number of aryl methyl sites for hydroxylation is 2. The Bertz CT molecular complexity index is 5640. The number of sulfone groups is 3. The molecule has 0 spiro atoms. The zero-order chi connectivity index (χ0) is 71.6. The van der Waals surface area contributed by atoms with Crippen molar-refractivity contribution in [2.45, 2.75) is 43.7 Å². The van der Waals surface area contributed by atoms with Gasteiger partial charge < -0.3 is 29.7 Å². The minimum Gasteiger partial charge on any atom is -0.508 e. The van der Waals surface area contributed by atoms with Gasteiger partial charge in [-0.05, 0) is 262 Å². The summed E-state index contributed by atoms with van der Waals surface area (Å²) in [5.41, 5.74) is 6.21. The summed E-state index contributed by atoms with van der Waals surface area (Å²) in [6, 6.07) is 74.2. The minimum absolute atomic E-state index is 0. The predicted molar refractivity (Wildman–Crippen MR) is 383 cm³/mol. The van der Waals surface area contributed by atoms with Gasteiger partial charge in [0.05, 0.1) is 57.1 Å². The number of phenolic OH excluding ortho intramolecular Hbond substituents is 2. The number of hydrogen-bond donors (Lipinski definition) is 4. The van der Waals surface area contributed by atoms with Gasteiger partial charge in [-0.25, -0.2) is 43.6 Å². The van der Waals surface area contributed by atoms with E-state index in [0.29, 0.717) is 50.9 Å². The molecule has 0 unspecified atom stereocenters. The lowest BCUT2D eigenvalue weighted by atomic mass is 10.0. The quantitative estimate of drug-likeness (QED) is 0.0549. The van der Waals surface area contributed by atoms with E-state index in [-0.39, 0.29) is 71.2 Å². The number of phenols is 2. The lowest BCUT2D eigenvalue weighted by Gasteiger charge is -2.10. The Balaban J connectivity index is 0.000000202. The van der Waals surface area contributed by atoms with Crippen molar-refractivity contribution in [2.24, 2.45) is 7.05 Å². The van der Waals surface area contributed by atoms with Crippen LogP contribution in [0, 0.1) is 18.6 Å². The van der Waals surface area contributed by atoms with E-state index >= 15 is 0 Å². The fraction of sp³-hybridized carbons (Fsp3) is 0.0380. The molecule has 514 valence electrons. The van der Waals surface area contributed by atoms with Crippen molar-refractivity contribution in [1.29, 1.82) is 0 Å². The monoisotopic (exact) mass is 1420 g/mol. The highest BCUT2D eigenvalue weighted by Gasteiger charge is 2.22. The predicted octanol–water partition coefficient (Wildman–Crippen LogP) is 15.7. The third-order valence-electron chi connectivity index (χ3n) is 15.6. The first-order valence-electron chi connectivity index (χ1n) is 30.6. The molecule has 12 aromatic carbocycles. The molecule has 0 bridgehead atoms. The first kappa shape index (κ1) is 72.2. The molecule has 14 rings (SSSR count). The number of aromatic amines is 2. The standard InChI is InChI=1S/C46H34N2O8S2.C13H10O3.C12H8F2O2S.C7H6N2O.CH4/c1-31-7-23-39(24-8-31)57(51,52)41-27-19-37(20-28-41)55-35-15-9-32(10-16-35)45(49)33-11-17-36(18-12-33)56-38-21-29-42(30-22-38)58(53,54)40-25-13-34(14-26-40)48-44-6-4-3-5-43(44)47(2)46(48)50;14-11-5-1-9(2-6-11)13(16)10-3-7-12(15)8-4-10;13-9-1-5-11(6-2-9)17(15,16)12-7-3-10(14)4-8-12;10-7-8-5-3-1-2-4-6(5)9-7;/h3-30H,1-2H3;1-8,14-15H;1-8H;1-4H,(H2,8,9,10);1H4. The fourth-order valence-electron chi connectivity index (χ4n) is 10.2. The van der Waals surface area contributed by atoms with Gasteiger partial charge >= 0.3 is 11.4 Å². The molecule has 2 heterocycles. The Hall–Kier alpha value is -12.6. The molecule has 0 aliphatic heterocycles. The van der Waals surface area contributed by atoms with Gasteiger partial charge in [-0.15, -0.1) is 0 Å². The molecule has 0 saturated heterocycles. The maximum Gasteiger partial charge on any atom is 0.333 e.